The molecule has 1 aliphatic rings. The van der Waals surface area contributed by atoms with E-state index in [9.17, 15) is 0 Å². The SMILES string of the molecule is [CH2]CC1C(C)C1C. The predicted molar refractivity (Wildman–Crippen MR) is 31.8 cm³/mol. The lowest BCUT2D eigenvalue weighted by molar-refractivity contribution is 0.749. The molecule has 0 aromatic carbocycles. The maximum Gasteiger partial charge on any atom is -0.0357 e. The molecule has 0 aliphatic heterocycles. The van der Waals surface area contributed by atoms with Gasteiger partial charge in [-0.05, 0) is 24.2 Å². The molecular formula is C7H13. The first kappa shape index (κ1) is 5.14. The van der Waals surface area contributed by atoms with Crippen molar-refractivity contribution in [2.75, 3.05) is 0 Å². The van der Waals surface area contributed by atoms with Crippen LogP contribution in [-0.2, 0) is 0 Å². The zero-order valence-electron chi connectivity index (χ0n) is 5.15. The van der Waals surface area contributed by atoms with Gasteiger partial charge in [0.1, 0.15) is 0 Å². The van der Waals surface area contributed by atoms with E-state index in [1.807, 2.05) is 0 Å². The van der Waals surface area contributed by atoms with Crippen molar-refractivity contribution in [3.63, 3.8) is 0 Å². The Bertz CT molecular complexity index is 58.4. The van der Waals surface area contributed by atoms with Crippen molar-refractivity contribution in [3.8, 4) is 0 Å². The molecule has 1 radical (unpaired) electrons. The summed E-state index contributed by atoms with van der Waals surface area (Å²) in [5.74, 6) is 2.90. The van der Waals surface area contributed by atoms with Crippen LogP contribution in [0, 0.1) is 24.7 Å². The van der Waals surface area contributed by atoms with Gasteiger partial charge in [0.05, 0.1) is 0 Å². The Balaban J connectivity index is 2.24. The van der Waals surface area contributed by atoms with E-state index in [2.05, 4.69) is 20.8 Å². The smallest absolute Gasteiger partial charge is 0.0357 e. The third-order valence-corrected chi connectivity index (χ3v) is 2.37. The molecule has 1 fully saturated rings. The molecule has 1 rings (SSSR count). The van der Waals surface area contributed by atoms with Crippen LogP contribution in [0.1, 0.15) is 20.3 Å². The van der Waals surface area contributed by atoms with Gasteiger partial charge in [0, 0.05) is 0 Å². The van der Waals surface area contributed by atoms with Crippen LogP contribution >= 0.6 is 0 Å². The molecule has 41 valence electrons. The molecule has 0 aromatic heterocycles. The lowest BCUT2D eigenvalue weighted by Crippen LogP contribution is -1.70. The van der Waals surface area contributed by atoms with Crippen LogP contribution in [0.25, 0.3) is 0 Å². The fraction of sp³-hybridized carbons (Fsp3) is 0.857. The lowest BCUT2D eigenvalue weighted by atomic mass is 10.3. The highest BCUT2D eigenvalue weighted by Crippen LogP contribution is 2.47. The third kappa shape index (κ3) is 0.667. The van der Waals surface area contributed by atoms with Gasteiger partial charge in [-0.2, -0.15) is 0 Å². The monoisotopic (exact) mass is 97.1 g/mol. The van der Waals surface area contributed by atoms with Gasteiger partial charge in [0.15, 0.2) is 0 Å². The molecule has 0 saturated heterocycles. The van der Waals surface area contributed by atoms with Gasteiger partial charge >= 0.3 is 0 Å². The fourth-order valence-corrected chi connectivity index (χ4v) is 1.29. The van der Waals surface area contributed by atoms with Gasteiger partial charge in [-0.1, -0.05) is 20.8 Å². The van der Waals surface area contributed by atoms with Crippen molar-refractivity contribution in [2.24, 2.45) is 17.8 Å². The van der Waals surface area contributed by atoms with Crippen LogP contribution in [0.5, 0.6) is 0 Å². The number of rotatable bonds is 1. The van der Waals surface area contributed by atoms with E-state index >= 15 is 0 Å². The molecule has 0 spiro atoms. The van der Waals surface area contributed by atoms with E-state index in [0.29, 0.717) is 0 Å². The van der Waals surface area contributed by atoms with Gasteiger partial charge in [0.2, 0.25) is 0 Å². The Morgan fingerprint density at radius 2 is 1.71 bits per heavy atom. The first-order valence-corrected chi connectivity index (χ1v) is 3.06. The summed E-state index contributed by atoms with van der Waals surface area (Å²) in [5.41, 5.74) is 0. The van der Waals surface area contributed by atoms with Crippen LogP contribution < -0.4 is 0 Å². The highest BCUT2D eigenvalue weighted by Gasteiger charge is 2.40. The normalized spacial score (nSPS) is 49.3. The quantitative estimate of drug-likeness (QED) is 0.470. The van der Waals surface area contributed by atoms with E-state index in [-0.39, 0.29) is 0 Å². The minimum atomic E-state index is 0.958. The summed E-state index contributed by atoms with van der Waals surface area (Å²) in [4.78, 5) is 0. The molecule has 0 aromatic rings. The zero-order chi connectivity index (χ0) is 5.44. The van der Waals surface area contributed by atoms with Gasteiger partial charge in [0.25, 0.3) is 0 Å². The second-order valence-corrected chi connectivity index (χ2v) is 2.67. The van der Waals surface area contributed by atoms with Crippen molar-refractivity contribution in [1.29, 1.82) is 0 Å². The second kappa shape index (κ2) is 1.50. The van der Waals surface area contributed by atoms with Gasteiger partial charge < -0.3 is 0 Å². The molecule has 0 N–H and O–H groups in total. The highest BCUT2D eigenvalue weighted by molar-refractivity contribution is 4.90. The molecule has 0 nitrogen and oxygen atoms in total. The molecule has 7 heavy (non-hydrogen) atoms. The topological polar surface area (TPSA) is 0 Å². The molecule has 0 bridgehead atoms. The Kier molecular flexibility index (Phi) is 1.10. The van der Waals surface area contributed by atoms with Gasteiger partial charge in [-0.15, -0.1) is 0 Å². The minimum absolute atomic E-state index is 0.958. The third-order valence-electron chi connectivity index (χ3n) is 2.37. The summed E-state index contributed by atoms with van der Waals surface area (Å²) in [6.45, 7) is 8.46. The van der Waals surface area contributed by atoms with E-state index in [1.54, 1.807) is 0 Å². The first-order chi connectivity index (χ1) is 3.27. The van der Waals surface area contributed by atoms with Crippen molar-refractivity contribution < 1.29 is 0 Å². The fourth-order valence-electron chi connectivity index (χ4n) is 1.29. The van der Waals surface area contributed by atoms with E-state index in [4.69, 9.17) is 0 Å². The second-order valence-electron chi connectivity index (χ2n) is 2.67. The van der Waals surface area contributed by atoms with Crippen molar-refractivity contribution in [3.05, 3.63) is 6.92 Å². The first-order valence-electron chi connectivity index (χ1n) is 3.06. The molecule has 0 amide bonds. The van der Waals surface area contributed by atoms with E-state index < -0.39 is 0 Å². The minimum Gasteiger partial charge on any atom is -0.0620 e. The van der Waals surface area contributed by atoms with Crippen molar-refractivity contribution >= 4 is 0 Å². The lowest BCUT2D eigenvalue weighted by Gasteiger charge is -1.80. The van der Waals surface area contributed by atoms with Gasteiger partial charge in [-0.3, -0.25) is 0 Å². The molecule has 0 heterocycles. The maximum absolute atomic E-state index is 3.85. The Labute approximate surface area is 45.9 Å². The largest absolute Gasteiger partial charge is 0.0620 e. The Morgan fingerprint density at radius 3 is 1.71 bits per heavy atom. The van der Waals surface area contributed by atoms with Crippen LogP contribution in [0.3, 0.4) is 0 Å². The summed E-state index contributed by atoms with van der Waals surface area (Å²) in [6.07, 6.45) is 1.14. The Hall–Kier alpha value is 0. The summed E-state index contributed by atoms with van der Waals surface area (Å²) < 4.78 is 0. The molecule has 2 unspecified atom stereocenters. The maximum atomic E-state index is 3.85. The van der Waals surface area contributed by atoms with E-state index in [0.717, 1.165) is 24.2 Å². The highest BCUT2D eigenvalue weighted by atomic mass is 14.5. The summed E-state index contributed by atoms with van der Waals surface area (Å²) >= 11 is 0. The zero-order valence-corrected chi connectivity index (χ0v) is 5.15. The van der Waals surface area contributed by atoms with Gasteiger partial charge in [-0.25, -0.2) is 0 Å². The van der Waals surface area contributed by atoms with Crippen molar-refractivity contribution in [1.82, 2.24) is 0 Å². The number of hydrogen-bond acceptors (Lipinski definition) is 0. The summed E-state index contributed by atoms with van der Waals surface area (Å²) in [5, 5.41) is 0. The van der Waals surface area contributed by atoms with Crippen LogP contribution in [0.2, 0.25) is 0 Å². The average molecular weight is 97.2 g/mol. The average Bonchev–Trinajstić information content (AvgIpc) is 2.17. The molecule has 1 aliphatic carbocycles. The molecule has 0 heteroatoms. The standard InChI is InChI=1S/C7H13/c1-4-7-5(2)6(7)3/h5-7H,1,4H2,2-3H3. The van der Waals surface area contributed by atoms with E-state index in [1.165, 1.54) is 0 Å². The summed E-state index contributed by atoms with van der Waals surface area (Å²) in [7, 11) is 0. The van der Waals surface area contributed by atoms with Crippen LogP contribution in [-0.4, -0.2) is 0 Å². The van der Waals surface area contributed by atoms with Crippen molar-refractivity contribution in [2.45, 2.75) is 20.3 Å². The molecule has 1 saturated carbocycles. The summed E-state index contributed by atoms with van der Waals surface area (Å²) in [6, 6.07) is 0. The van der Waals surface area contributed by atoms with Crippen LogP contribution in [0.4, 0.5) is 0 Å². The predicted octanol–water partition coefficient (Wildman–Crippen LogP) is 2.11. The van der Waals surface area contributed by atoms with Crippen LogP contribution in [0.15, 0.2) is 0 Å². The Morgan fingerprint density at radius 1 is 1.29 bits per heavy atom. The molecule has 2 atom stereocenters. The number of hydrogen-bond donors (Lipinski definition) is 0. The molecular weight excluding hydrogens is 84.1 g/mol.